The molecule has 122 valence electrons. The van der Waals surface area contributed by atoms with E-state index in [-0.39, 0.29) is 6.09 Å². The van der Waals surface area contributed by atoms with E-state index < -0.39 is 5.60 Å². The summed E-state index contributed by atoms with van der Waals surface area (Å²) in [5.41, 5.74) is -0.401. The topological polar surface area (TPSA) is 44.8 Å². The third kappa shape index (κ3) is 5.83. The number of rotatable bonds is 3. The molecule has 0 saturated carbocycles. The first kappa shape index (κ1) is 16.6. The lowest BCUT2D eigenvalue weighted by atomic mass is 9.96. The van der Waals surface area contributed by atoms with Gasteiger partial charge in [-0.1, -0.05) is 0 Å². The molecular formula is C16H31N3O2. The number of amides is 1. The van der Waals surface area contributed by atoms with Crippen LogP contribution >= 0.6 is 0 Å². The number of ether oxygens (including phenoxy) is 1. The van der Waals surface area contributed by atoms with Crippen molar-refractivity contribution < 1.29 is 9.53 Å². The van der Waals surface area contributed by atoms with Crippen LogP contribution in [0.2, 0.25) is 0 Å². The highest BCUT2D eigenvalue weighted by Gasteiger charge is 2.26. The standard InChI is InChI=1S/C16H31N3O2/c1-16(2,3)21-15(20)19-11-9-18(10-12-19)8-6-14-5-4-7-17-13-14/h14,17H,4-13H2,1-3H3. The highest BCUT2D eigenvalue weighted by Crippen LogP contribution is 2.16. The first-order chi connectivity index (χ1) is 9.94. The molecule has 0 spiro atoms. The average molecular weight is 297 g/mol. The highest BCUT2D eigenvalue weighted by atomic mass is 16.6. The van der Waals surface area contributed by atoms with E-state index in [2.05, 4.69) is 10.2 Å². The van der Waals surface area contributed by atoms with Crippen molar-refractivity contribution in [1.29, 1.82) is 0 Å². The van der Waals surface area contributed by atoms with Gasteiger partial charge in [-0.05, 0) is 65.6 Å². The smallest absolute Gasteiger partial charge is 0.410 e. The molecule has 1 N–H and O–H groups in total. The van der Waals surface area contributed by atoms with Gasteiger partial charge in [-0.15, -0.1) is 0 Å². The molecule has 2 aliphatic rings. The summed E-state index contributed by atoms with van der Waals surface area (Å²) in [6.07, 6.45) is 3.79. The Bertz CT molecular complexity index is 327. The first-order valence-corrected chi connectivity index (χ1v) is 8.35. The Hall–Kier alpha value is -0.810. The van der Waals surface area contributed by atoms with Crippen LogP contribution in [0.1, 0.15) is 40.0 Å². The molecule has 0 aromatic heterocycles. The van der Waals surface area contributed by atoms with Crippen molar-refractivity contribution in [3.63, 3.8) is 0 Å². The molecule has 21 heavy (non-hydrogen) atoms. The fourth-order valence-electron chi connectivity index (χ4n) is 3.02. The summed E-state index contributed by atoms with van der Waals surface area (Å²) < 4.78 is 5.43. The molecule has 0 radical (unpaired) electrons. The fourth-order valence-corrected chi connectivity index (χ4v) is 3.02. The SMILES string of the molecule is CC(C)(C)OC(=O)N1CCN(CCC2CCCNC2)CC1. The van der Waals surface area contributed by atoms with Crippen molar-refractivity contribution in [3.8, 4) is 0 Å². The summed E-state index contributed by atoms with van der Waals surface area (Å²) in [5.74, 6) is 0.836. The van der Waals surface area contributed by atoms with Crippen LogP contribution in [0.5, 0.6) is 0 Å². The zero-order valence-corrected chi connectivity index (χ0v) is 13.9. The molecule has 0 bridgehead atoms. The Kier molecular flexibility index (Phi) is 5.88. The molecule has 2 fully saturated rings. The van der Waals surface area contributed by atoms with Crippen LogP contribution < -0.4 is 5.32 Å². The Morgan fingerprint density at radius 2 is 1.95 bits per heavy atom. The second kappa shape index (κ2) is 7.45. The quantitative estimate of drug-likeness (QED) is 0.864. The van der Waals surface area contributed by atoms with Crippen LogP contribution in [0.15, 0.2) is 0 Å². The Balaban J connectivity index is 1.64. The maximum atomic E-state index is 12.0. The molecule has 0 aliphatic carbocycles. The lowest BCUT2D eigenvalue weighted by Gasteiger charge is -2.36. The van der Waals surface area contributed by atoms with Crippen molar-refractivity contribution in [1.82, 2.24) is 15.1 Å². The van der Waals surface area contributed by atoms with Crippen molar-refractivity contribution in [2.45, 2.75) is 45.6 Å². The zero-order valence-electron chi connectivity index (χ0n) is 13.9. The highest BCUT2D eigenvalue weighted by molar-refractivity contribution is 5.68. The van der Waals surface area contributed by atoms with E-state index >= 15 is 0 Å². The van der Waals surface area contributed by atoms with Gasteiger partial charge < -0.3 is 15.0 Å². The molecule has 0 aromatic rings. The molecule has 2 saturated heterocycles. The van der Waals surface area contributed by atoms with E-state index in [1.54, 1.807) is 0 Å². The van der Waals surface area contributed by atoms with E-state index in [0.717, 1.165) is 38.6 Å². The van der Waals surface area contributed by atoms with Gasteiger partial charge in [0.05, 0.1) is 0 Å². The maximum Gasteiger partial charge on any atom is 0.410 e. The molecule has 2 rings (SSSR count). The van der Waals surface area contributed by atoms with E-state index in [9.17, 15) is 4.79 Å². The van der Waals surface area contributed by atoms with Gasteiger partial charge in [0.15, 0.2) is 0 Å². The normalized spacial score (nSPS) is 24.9. The van der Waals surface area contributed by atoms with E-state index in [0.29, 0.717) is 0 Å². The summed E-state index contributed by atoms with van der Waals surface area (Å²) in [4.78, 5) is 16.3. The summed E-state index contributed by atoms with van der Waals surface area (Å²) in [6.45, 7) is 12.8. The minimum absolute atomic E-state index is 0.168. The van der Waals surface area contributed by atoms with Crippen molar-refractivity contribution in [2.24, 2.45) is 5.92 Å². The monoisotopic (exact) mass is 297 g/mol. The molecule has 0 aromatic carbocycles. The number of hydrogen-bond acceptors (Lipinski definition) is 4. The van der Waals surface area contributed by atoms with Crippen LogP contribution in [-0.4, -0.2) is 67.3 Å². The third-order valence-electron chi connectivity index (χ3n) is 4.28. The van der Waals surface area contributed by atoms with Crippen LogP contribution in [0.4, 0.5) is 4.79 Å². The summed E-state index contributed by atoms with van der Waals surface area (Å²) in [6, 6.07) is 0. The molecule has 1 unspecified atom stereocenters. The van der Waals surface area contributed by atoms with E-state index in [1.807, 2.05) is 25.7 Å². The summed E-state index contributed by atoms with van der Waals surface area (Å²) in [7, 11) is 0. The molecule has 2 aliphatic heterocycles. The van der Waals surface area contributed by atoms with Gasteiger partial charge >= 0.3 is 6.09 Å². The van der Waals surface area contributed by atoms with E-state index in [4.69, 9.17) is 4.74 Å². The second-order valence-corrected chi connectivity index (χ2v) is 7.31. The molecule has 1 amide bonds. The number of piperidine rings is 1. The molecule has 5 heteroatoms. The predicted molar refractivity (Wildman–Crippen MR) is 84.5 cm³/mol. The van der Waals surface area contributed by atoms with Gasteiger partial charge in [-0.2, -0.15) is 0 Å². The maximum absolute atomic E-state index is 12.0. The number of hydrogen-bond donors (Lipinski definition) is 1. The number of piperazine rings is 1. The number of nitrogens with one attached hydrogen (secondary N) is 1. The largest absolute Gasteiger partial charge is 0.444 e. The summed E-state index contributed by atoms with van der Waals surface area (Å²) >= 11 is 0. The number of carbonyl (C=O) groups excluding carboxylic acids is 1. The lowest BCUT2D eigenvalue weighted by molar-refractivity contribution is 0.0140. The van der Waals surface area contributed by atoms with Crippen molar-refractivity contribution in [2.75, 3.05) is 45.8 Å². The second-order valence-electron chi connectivity index (χ2n) is 7.31. The molecular weight excluding hydrogens is 266 g/mol. The van der Waals surface area contributed by atoms with Gasteiger partial charge in [-0.3, -0.25) is 4.90 Å². The summed E-state index contributed by atoms with van der Waals surface area (Å²) in [5, 5.41) is 3.48. The van der Waals surface area contributed by atoms with Gasteiger partial charge in [0.2, 0.25) is 0 Å². The van der Waals surface area contributed by atoms with Crippen LogP contribution in [0.25, 0.3) is 0 Å². The molecule has 1 atom stereocenters. The number of carbonyl (C=O) groups is 1. The zero-order chi connectivity index (χ0) is 15.3. The number of nitrogens with zero attached hydrogens (tertiary/aromatic N) is 2. The predicted octanol–water partition coefficient (Wildman–Crippen LogP) is 1.93. The van der Waals surface area contributed by atoms with Crippen LogP contribution in [-0.2, 0) is 4.74 Å². The minimum Gasteiger partial charge on any atom is -0.444 e. The van der Waals surface area contributed by atoms with Gasteiger partial charge in [-0.25, -0.2) is 4.79 Å². The lowest BCUT2D eigenvalue weighted by Crippen LogP contribution is -2.50. The first-order valence-electron chi connectivity index (χ1n) is 8.35. The van der Waals surface area contributed by atoms with Gasteiger partial charge in [0, 0.05) is 26.2 Å². The van der Waals surface area contributed by atoms with Crippen molar-refractivity contribution >= 4 is 6.09 Å². The Morgan fingerprint density at radius 3 is 2.52 bits per heavy atom. The average Bonchev–Trinajstić information content (AvgIpc) is 2.45. The Morgan fingerprint density at radius 1 is 1.24 bits per heavy atom. The Labute approximate surface area is 129 Å². The van der Waals surface area contributed by atoms with Gasteiger partial charge in [0.25, 0.3) is 0 Å². The molecule has 5 nitrogen and oxygen atoms in total. The van der Waals surface area contributed by atoms with E-state index in [1.165, 1.54) is 32.4 Å². The van der Waals surface area contributed by atoms with Crippen molar-refractivity contribution in [3.05, 3.63) is 0 Å². The third-order valence-corrected chi connectivity index (χ3v) is 4.28. The van der Waals surface area contributed by atoms with Crippen LogP contribution in [0, 0.1) is 5.92 Å². The fraction of sp³-hybridized carbons (Fsp3) is 0.938. The van der Waals surface area contributed by atoms with Gasteiger partial charge in [0.1, 0.15) is 5.60 Å². The molecule has 2 heterocycles. The minimum atomic E-state index is -0.401. The van der Waals surface area contributed by atoms with Crippen LogP contribution in [0.3, 0.4) is 0 Å².